The Balaban J connectivity index is 1.70. The highest BCUT2D eigenvalue weighted by Gasteiger charge is 2.61. The van der Waals surface area contributed by atoms with Gasteiger partial charge in [-0.15, -0.1) is 0 Å². The van der Waals surface area contributed by atoms with Crippen molar-refractivity contribution >= 4 is 5.78 Å². The van der Waals surface area contributed by atoms with Gasteiger partial charge in [0.2, 0.25) is 0 Å². The van der Waals surface area contributed by atoms with E-state index < -0.39 is 0 Å². The normalized spacial score (nSPS) is 57.2. The highest BCUT2D eigenvalue weighted by Crippen LogP contribution is 2.64. The first-order valence-corrected chi connectivity index (χ1v) is 8.95. The molecule has 3 saturated carbocycles. The monoisotopic (exact) mass is 304 g/mol. The third-order valence-corrected chi connectivity index (χ3v) is 7.93. The van der Waals surface area contributed by atoms with E-state index in [2.05, 4.69) is 19.9 Å². The summed E-state index contributed by atoms with van der Waals surface area (Å²) in [6.45, 7) is 4.48. The van der Waals surface area contributed by atoms with Crippen molar-refractivity contribution in [2.24, 2.45) is 34.5 Å². The molecule has 2 N–H and O–H groups in total. The molecular formula is C19H28O3. The number of allylic oxidation sites excluding steroid dienone is 2. The zero-order valence-electron chi connectivity index (χ0n) is 13.7. The Morgan fingerprint density at radius 1 is 1.14 bits per heavy atom. The number of carbonyl (C=O) groups excluding carboxylic acids is 1. The van der Waals surface area contributed by atoms with Crippen molar-refractivity contribution in [3.05, 3.63) is 12.2 Å². The van der Waals surface area contributed by atoms with Crippen LogP contribution in [0.5, 0.6) is 0 Å². The lowest BCUT2D eigenvalue weighted by molar-refractivity contribution is -0.166. The van der Waals surface area contributed by atoms with Crippen molar-refractivity contribution in [2.45, 2.75) is 64.6 Å². The summed E-state index contributed by atoms with van der Waals surface area (Å²) >= 11 is 0. The van der Waals surface area contributed by atoms with E-state index in [1.165, 1.54) is 0 Å². The molecule has 0 aromatic carbocycles. The summed E-state index contributed by atoms with van der Waals surface area (Å²) in [5, 5.41) is 20.9. The molecular weight excluding hydrogens is 276 g/mol. The zero-order chi connectivity index (χ0) is 15.7. The van der Waals surface area contributed by atoms with E-state index in [0.29, 0.717) is 11.8 Å². The summed E-state index contributed by atoms with van der Waals surface area (Å²) in [6.07, 6.45) is 8.92. The minimum absolute atomic E-state index is 0.191. The zero-order valence-corrected chi connectivity index (χ0v) is 13.7. The van der Waals surface area contributed by atoms with Gasteiger partial charge in [0.05, 0.1) is 12.2 Å². The lowest BCUT2D eigenvalue weighted by atomic mass is 9.44. The lowest BCUT2D eigenvalue weighted by Gasteiger charge is -2.61. The summed E-state index contributed by atoms with van der Waals surface area (Å²) in [4.78, 5) is 12.3. The Morgan fingerprint density at radius 3 is 2.68 bits per heavy atom. The van der Waals surface area contributed by atoms with Gasteiger partial charge >= 0.3 is 0 Å². The molecule has 22 heavy (non-hydrogen) atoms. The Hall–Kier alpha value is -0.670. The van der Waals surface area contributed by atoms with Crippen LogP contribution in [0.4, 0.5) is 0 Å². The van der Waals surface area contributed by atoms with Crippen LogP contribution in [0.1, 0.15) is 52.4 Å². The second-order valence-electron chi connectivity index (χ2n) is 8.82. The number of aliphatic hydroxyl groups excluding tert-OH is 2. The van der Waals surface area contributed by atoms with E-state index in [1.807, 2.05) is 0 Å². The van der Waals surface area contributed by atoms with Crippen molar-refractivity contribution in [2.75, 3.05) is 0 Å². The molecule has 0 saturated heterocycles. The molecule has 0 aromatic rings. The molecule has 1 unspecified atom stereocenters. The maximum absolute atomic E-state index is 12.3. The van der Waals surface area contributed by atoms with Crippen LogP contribution >= 0.6 is 0 Å². The van der Waals surface area contributed by atoms with Crippen LogP contribution in [0.15, 0.2) is 12.2 Å². The van der Waals surface area contributed by atoms with Gasteiger partial charge in [-0.1, -0.05) is 19.9 Å². The van der Waals surface area contributed by atoms with Gasteiger partial charge < -0.3 is 10.2 Å². The van der Waals surface area contributed by atoms with Crippen molar-refractivity contribution in [1.29, 1.82) is 0 Å². The molecule has 122 valence electrons. The Labute approximate surface area is 132 Å². The fourth-order valence-electron chi connectivity index (χ4n) is 6.48. The molecule has 4 aliphatic carbocycles. The van der Waals surface area contributed by atoms with E-state index in [4.69, 9.17) is 0 Å². The number of rotatable bonds is 0. The first kappa shape index (κ1) is 14.9. The topological polar surface area (TPSA) is 57.5 Å². The van der Waals surface area contributed by atoms with E-state index in [-0.39, 0.29) is 40.7 Å². The van der Waals surface area contributed by atoms with E-state index in [0.717, 1.165) is 38.5 Å². The van der Waals surface area contributed by atoms with Crippen LogP contribution in [-0.2, 0) is 4.79 Å². The second-order valence-corrected chi connectivity index (χ2v) is 8.82. The van der Waals surface area contributed by atoms with Crippen LogP contribution in [0.25, 0.3) is 0 Å². The molecule has 4 aliphatic rings. The molecule has 0 spiro atoms. The molecule has 0 aliphatic heterocycles. The minimum atomic E-state index is -0.325. The van der Waals surface area contributed by atoms with Gasteiger partial charge in [-0.3, -0.25) is 4.79 Å². The SMILES string of the molecule is C[C@]12CC[C@H](O)CC1C[C@H](O)[C@@H]1[C@@H]2CC[C@]2(C)C(=O)C=C[C@@H]12. The molecule has 3 nitrogen and oxygen atoms in total. The van der Waals surface area contributed by atoms with Crippen molar-refractivity contribution in [3.63, 3.8) is 0 Å². The van der Waals surface area contributed by atoms with E-state index >= 15 is 0 Å². The molecule has 3 heteroatoms. The largest absolute Gasteiger partial charge is 0.393 e. The number of fused-ring (bicyclic) bond motifs is 5. The summed E-state index contributed by atoms with van der Waals surface area (Å²) in [7, 11) is 0. The number of ketones is 1. The van der Waals surface area contributed by atoms with Crippen LogP contribution < -0.4 is 0 Å². The van der Waals surface area contributed by atoms with Crippen molar-refractivity contribution in [3.8, 4) is 0 Å². The van der Waals surface area contributed by atoms with Crippen molar-refractivity contribution < 1.29 is 15.0 Å². The first-order chi connectivity index (χ1) is 10.4. The van der Waals surface area contributed by atoms with Crippen LogP contribution in [0.2, 0.25) is 0 Å². The Kier molecular flexibility index (Phi) is 3.16. The average Bonchev–Trinajstić information content (AvgIpc) is 2.77. The molecule has 0 amide bonds. The predicted molar refractivity (Wildman–Crippen MR) is 84.0 cm³/mol. The maximum atomic E-state index is 12.3. The Morgan fingerprint density at radius 2 is 1.91 bits per heavy atom. The van der Waals surface area contributed by atoms with Gasteiger partial charge in [-0.25, -0.2) is 0 Å². The third kappa shape index (κ3) is 1.78. The first-order valence-electron chi connectivity index (χ1n) is 8.95. The predicted octanol–water partition coefficient (Wildman–Crippen LogP) is 2.71. The Bertz CT molecular complexity index is 527. The third-order valence-electron chi connectivity index (χ3n) is 7.93. The molecule has 8 atom stereocenters. The van der Waals surface area contributed by atoms with Gasteiger partial charge in [0.1, 0.15) is 0 Å². The van der Waals surface area contributed by atoms with Gasteiger partial charge in [-0.05, 0) is 73.7 Å². The van der Waals surface area contributed by atoms with Crippen molar-refractivity contribution in [1.82, 2.24) is 0 Å². The van der Waals surface area contributed by atoms with Gasteiger partial charge in [0.15, 0.2) is 5.78 Å². The number of aliphatic hydroxyl groups is 2. The molecule has 0 bridgehead atoms. The second kappa shape index (κ2) is 4.67. The van der Waals surface area contributed by atoms with Gasteiger partial charge in [0.25, 0.3) is 0 Å². The average molecular weight is 304 g/mol. The highest BCUT2D eigenvalue weighted by atomic mass is 16.3. The minimum Gasteiger partial charge on any atom is -0.393 e. The molecule has 3 fully saturated rings. The quantitative estimate of drug-likeness (QED) is 0.723. The fourth-order valence-corrected chi connectivity index (χ4v) is 6.48. The van der Waals surface area contributed by atoms with Crippen LogP contribution in [0.3, 0.4) is 0 Å². The maximum Gasteiger partial charge on any atom is 0.161 e. The highest BCUT2D eigenvalue weighted by molar-refractivity contribution is 5.97. The standard InChI is InChI=1S/C19H28O3/c1-18-7-5-12(20)9-11(18)10-15(21)17-13-3-4-16(22)19(13,2)8-6-14(17)18/h3-4,11-15,17,20-21H,5-10H2,1-2H3/t11?,12-,13-,14-,15-,17-,18-,19-/m0/s1. The summed E-state index contributed by atoms with van der Waals surface area (Å²) in [5.41, 5.74) is -0.0521. The molecule has 0 aromatic heterocycles. The van der Waals surface area contributed by atoms with Gasteiger partial charge in [0, 0.05) is 5.41 Å². The van der Waals surface area contributed by atoms with Gasteiger partial charge in [-0.2, -0.15) is 0 Å². The molecule has 0 heterocycles. The van der Waals surface area contributed by atoms with Crippen LogP contribution in [0, 0.1) is 34.5 Å². The summed E-state index contributed by atoms with van der Waals surface area (Å²) < 4.78 is 0. The number of hydrogen-bond acceptors (Lipinski definition) is 3. The number of hydrogen-bond donors (Lipinski definition) is 2. The van der Waals surface area contributed by atoms with E-state index in [9.17, 15) is 15.0 Å². The summed E-state index contributed by atoms with van der Waals surface area (Å²) in [6, 6.07) is 0. The molecule has 4 rings (SSSR count). The molecule has 0 radical (unpaired) electrons. The van der Waals surface area contributed by atoms with Crippen LogP contribution in [-0.4, -0.2) is 28.2 Å². The fraction of sp³-hybridized carbons (Fsp3) is 0.842. The number of carbonyl (C=O) groups is 1. The smallest absolute Gasteiger partial charge is 0.161 e. The lowest BCUT2D eigenvalue weighted by Crippen LogP contribution is -2.58. The summed E-state index contributed by atoms with van der Waals surface area (Å²) in [5.74, 6) is 1.60. The van der Waals surface area contributed by atoms with E-state index in [1.54, 1.807) is 6.08 Å².